The number of benzene rings is 1. The van der Waals surface area contributed by atoms with E-state index in [0.29, 0.717) is 22.7 Å². The molecule has 0 unspecified atom stereocenters. The van der Waals surface area contributed by atoms with Crippen molar-refractivity contribution in [3.8, 4) is 11.8 Å². The van der Waals surface area contributed by atoms with Gasteiger partial charge >= 0.3 is 6.01 Å². The van der Waals surface area contributed by atoms with Crippen LogP contribution in [0.4, 0.5) is 0 Å². The monoisotopic (exact) mass is 268 g/mol. The topological polar surface area (TPSA) is 35.0 Å². The fourth-order valence-electron chi connectivity index (χ4n) is 1.25. The predicted octanol–water partition coefficient (Wildman–Crippen LogP) is 3.97. The summed E-state index contributed by atoms with van der Waals surface area (Å²) in [6, 6.07) is 5.68. The van der Waals surface area contributed by atoms with E-state index in [4.69, 9.17) is 27.9 Å². The molecule has 0 saturated carbocycles. The second kappa shape index (κ2) is 5.34. The van der Waals surface area contributed by atoms with Crippen molar-refractivity contribution < 1.29 is 4.74 Å². The summed E-state index contributed by atoms with van der Waals surface area (Å²) in [6.45, 7) is 1.91. The summed E-state index contributed by atoms with van der Waals surface area (Å²) < 4.78 is 5.49. The Bertz CT molecular complexity index is 514. The lowest BCUT2D eigenvalue weighted by Gasteiger charge is -2.05. The largest absolute Gasteiger partial charge is 0.424 e. The van der Waals surface area contributed by atoms with Gasteiger partial charge in [0.2, 0.25) is 0 Å². The van der Waals surface area contributed by atoms with Gasteiger partial charge in [0, 0.05) is 23.0 Å². The van der Waals surface area contributed by atoms with Crippen molar-refractivity contribution in [2.24, 2.45) is 0 Å². The molecule has 2 aromatic rings. The van der Waals surface area contributed by atoms with Crippen LogP contribution < -0.4 is 4.74 Å². The normalized spacial score (nSPS) is 10.3. The Morgan fingerprint density at radius 2 is 1.94 bits per heavy atom. The highest BCUT2D eigenvalue weighted by molar-refractivity contribution is 6.31. The van der Waals surface area contributed by atoms with Crippen LogP contribution in [0.15, 0.2) is 30.6 Å². The average molecular weight is 269 g/mol. The molecule has 0 fully saturated rings. The second-order valence-corrected chi connectivity index (χ2v) is 4.20. The lowest BCUT2D eigenvalue weighted by atomic mass is 10.2. The van der Waals surface area contributed by atoms with Gasteiger partial charge in [-0.1, -0.05) is 11.6 Å². The number of aryl methyl sites for hydroxylation is 1. The molecule has 0 aliphatic carbocycles. The highest BCUT2D eigenvalue weighted by atomic mass is 35.5. The van der Waals surface area contributed by atoms with Crippen molar-refractivity contribution >= 4 is 23.2 Å². The van der Waals surface area contributed by atoms with Gasteiger partial charge in [-0.2, -0.15) is 0 Å². The van der Waals surface area contributed by atoms with Crippen LogP contribution in [-0.4, -0.2) is 9.97 Å². The number of rotatable bonds is 3. The highest BCUT2D eigenvalue weighted by Crippen LogP contribution is 2.23. The van der Waals surface area contributed by atoms with Crippen LogP contribution in [0.1, 0.15) is 11.1 Å². The van der Waals surface area contributed by atoms with Gasteiger partial charge in [-0.15, -0.1) is 11.6 Å². The summed E-state index contributed by atoms with van der Waals surface area (Å²) in [6.07, 6.45) is 3.27. The van der Waals surface area contributed by atoms with Gasteiger partial charge in [-0.25, -0.2) is 9.97 Å². The summed E-state index contributed by atoms with van der Waals surface area (Å²) >= 11 is 11.6. The molecule has 0 atom stereocenters. The molecule has 17 heavy (non-hydrogen) atoms. The summed E-state index contributed by atoms with van der Waals surface area (Å²) in [5, 5.41) is 0.704. The Morgan fingerprint density at radius 3 is 2.53 bits per heavy atom. The van der Waals surface area contributed by atoms with Crippen LogP contribution in [0, 0.1) is 6.92 Å². The van der Waals surface area contributed by atoms with Crippen LogP contribution in [0.5, 0.6) is 11.8 Å². The molecule has 0 bridgehead atoms. The molecule has 88 valence electrons. The smallest absolute Gasteiger partial charge is 0.321 e. The summed E-state index contributed by atoms with van der Waals surface area (Å²) in [5.41, 5.74) is 1.80. The molecule has 0 radical (unpaired) electrons. The number of aromatic nitrogens is 2. The first-order valence-electron chi connectivity index (χ1n) is 5.00. The van der Waals surface area contributed by atoms with E-state index in [1.165, 1.54) is 0 Å². The number of alkyl halides is 1. The van der Waals surface area contributed by atoms with Crippen molar-refractivity contribution in [1.82, 2.24) is 9.97 Å². The van der Waals surface area contributed by atoms with Gasteiger partial charge < -0.3 is 4.74 Å². The number of hydrogen-bond donors (Lipinski definition) is 0. The first kappa shape index (κ1) is 12.1. The maximum Gasteiger partial charge on any atom is 0.321 e. The van der Waals surface area contributed by atoms with E-state index in [1.54, 1.807) is 24.5 Å². The van der Waals surface area contributed by atoms with Crippen molar-refractivity contribution in [2.75, 3.05) is 0 Å². The minimum atomic E-state index is 0.292. The molecule has 0 aliphatic rings. The van der Waals surface area contributed by atoms with E-state index < -0.39 is 0 Å². The second-order valence-electron chi connectivity index (χ2n) is 3.52. The zero-order valence-electron chi connectivity index (χ0n) is 9.15. The van der Waals surface area contributed by atoms with Gasteiger partial charge in [0.05, 0.1) is 5.88 Å². The third-order valence-electron chi connectivity index (χ3n) is 2.17. The molecule has 0 spiro atoms. The maximum absolute atomic E-state index is 5.92. The molecule has 1 aromatic heterocycles. The minimum Gasteiger partial charge on any atom is -0.424 e. The summed E-state index contributed by atoms with van der Waals surface area (Å²) in [7, 11) is 0. The van der Waals surface area contributed by atoms with Crippen LogP contribution in [0.3, 0.4) is 0 Å². The van der Waals surface area contributed by atoms with E-state index in [0.717, 1.165) is 11.1 Å². The van der Waals surface area contributed by atoms with Crippen LogP contribution in [0.2, 0.25) is 5.02 Å². The first-order valence-corrected chi connectivity index (χ1v) is 5.91. The molecule has 0 saturated heterocycles. The average Bonchev–Trinajstić information content (AvgIpc) is 2.35. The number of halogens is 2. The van der Waals surface area contributed by atoms with Crippen molar-refractivity contribution in [3.05, 3.63) is 46.7 Å². The molecule has 3 nitrogen and oxygen atoms in total. The number of nitrogens with zero attached hydrogens (tertiary/aromatic N) is 2. The molecule has 0 aliphatic heterocycles. The van der Waals surface area contributed by atoms with Gasteiger partial charge in [-0.3, -0.25) is 0 Å². The zero-order valence-corrected chi connectivity index (χ0v) is 10.7. The highest BCUT2D eigenvalue weighted by Gasteiger charge is 2.02. The van der Waals surface area contributed by atoms with Gasteiger partial charge in [-0.05, 0) is 30.7 Å². The Hall–Kier alpha value is -1.32. The summed E-state index contributed by atoms with van der Waals surface area (Å²) in [5.74, 6) is 1.05. The zero-order chi connectivity index (χ0) is 12.3. The lowest BCUT2D eigenvalue weighted by molar-refractivity contribution is 0.441. The van der Waals surface area contributed by atoms with E-state index in [2.05, 4.69) is 9.97 Å². The first-order chi connectivity index (χ1) is 8.19. The van der Waals surface area contributed by atoms with Crippen molar-refractivity contribution in [1.29, 1.82) is 0 Å². The van der Waals surface area contributed by atoms with E-state index in [-0.39, 0.29) is 0 Å². The lowest BCUT2D eigenvalue weighted by Crippen LogP contribution is -1.93. The van der Waals surface area contributed by atoms with Crippen LogP contribution >= 0.6 is 23.2 Å². The predicted molar refractivity (Wildman–Crippen MR) is 67.9 cm³/mol. The van der Waals surface area contributed by atoms with E-state index in [9.17, 15) is 0 Å². The molecular weight excluding hydrogens is 259 g/mol. The van der Waals surface area contributed by atoms with Gasteiger partial charge in [0.1, 0.15) is 5.75 Å². The standard InChI is InChI=1S/C12H10Cl2N2O/c1-8-4-10(2-3-11(8)14)17-12-15-6-9(5-13)7-16-12/h2-4,6-7H,5H2,1H3. The third kappa shape index (κ3) is 3.08. The van der Waals surface area contributed by atoms with Gasteiger partial charge in [0.25, 0.3) is 0 Å². The van der Waals surface area contributed by atoms with E-state index in [1.807, 2.05) is 13.0 Å². The Morgan fingerprint density at radius 1 is 1.24 bits per heavy atom. The fourth-order valence-corrected chi connectivity index (χ4v) is 1.51. The maximum atomic E-state index is 5.92. The molecule has 2 rings (SSSR count). The number of hydrogen-bond acceptors (Lipinski definition) is 3. The molecule has 0 amide bonds. The molecule has 5 heteroatoms. The molecular formula is C12H10Cl2N2O. The van der Waals surface area contributed by atoms with Gasteiger partial charge in [0.15, 0.2) is 0 Å². The van der Waals surface area contributed by atoms with E-state index >= 15 is 0 Å². The minimum absolute atomic E-state index is 0.292. The van der Waals surface area contributed by atoms with Crippen molar-refractivity contribution in [3.63, 3.8) is 0 Å². The summed E-state index contributed by atoms with van der Waals surface area (Å²) in [4.78, 5) is 8.09. The Labute approximate surface area is 109 Å². The SMILES string of the molecule is Cc1cc(Oc2ncc(CCl)cn2)ccc1Cl. The van der Waals surface area contributed by atoms with Crippen molar-refractivity contribution in [2.45, 2.75) is 12.8 Å². The van der Waals surface area contributed by atoms with Crippen LogP contribution in [-0.2, 0) is 5.88 Å². The Balaban J connectivity index is 2.16. The molecule has 0 N–H and O–H groups in total. The fraction of sp³-hybridized carbons (Fsp3) is 0.167. The number of ether oxygens (including phenoxy) is 1. The Kier molecular flexibility index (Phi) is 3.82. The third-order valence-corrected chi connectivity index (χ3v) is 2.91. The quantitative estimate of drug-likeness (QED) is 0.791. The van der Waals surface area contributed by atoms with Crippen LogP contribution in [0.25, 0.3) is 0 Å². The molecule has 1 aromatic carbocycles. The molecule has 1 heterocycles.